The molecule has 1 heterocycles. The van der Waals surface area contributed by atoms with Crippen molar-refractivity contribution in [1.82, 2.24) is 0 Å². The smallest absolute Gasteiger partial charge is 0.313 e. The van der Waals surface area contributed by atoms with Crippen LogP contribution in [0.25, 0.3) is 0 Å². The number of hydrogen-bond donors (Lipinski definition) is 2. The highest BCUT2D eigenvalue weighted by Gasteiger charge is 2.21. The van der Waals surface area contributed by atoms with Crippen LogP contribution in [0.5, 0.6) is 0 Å². The van der Waals surface area contributed by atoms with Gasteiger partial charge in [0.15, 0.2) is 0 Å². The predicted molar refractivity (Wildman–Crippen MR) is 58.0 cm³/mol. The van der Waals surface area contributed by atoms with Crippen molar-refractivity contribution in [3.05, 3.63) is 29.8 Å². The lowest BCUT2D eigenvalue weighted by Gasteiger charge is -2.20. The van der Waals surface area contributed by atoms with Crippen molar-refractivity contribution in [1.29, 1.82) is 0 Å². The van der Waals surface area contributed by atoms with Gasteiger partial charge in [-0.25, -0.2) is 0 Å². The maximum absolute atomic E-state index is 10.8. The molecular weight excluding hydrogens is 192 g/mol. The SMILES string of the molecule is CC(C(=O)O)C1=NCc2ccccc2N1. The average Bonchev–Trinajstić information content (AvgIpc) is 2.27. The zero-order valence-electron chi connectivity index (χ0n) is 8.40. The molecule has 1 unspecified atom stereocenters. The molecule has 2 rings (SSSR count). The average molecular weight is 204 g/mol. The summed E-state index contributed by atoms with van der Waals surface area (Å²) in [7, 11) is 0. The van der Waals surface area contributed by atoms with Crippen molar-refractivity contribution in [2.75, 3.05) is 5.32 Å². The highest BCUT2D eigenvalue weighted by Crippen LogP contribution is 2.21. The number of fused-ring (bicyclic) bond motifs is 1. The van der Waals surface area contributed by atoms with Gasteiger partial charge in [-0.05, 0) is 18.6 Å². The molecule has 0 radical (unpaired) electrons. The van der Waals surface area contributed by atoms with Crippen molar-refractivity contribution in [2.24, 2.45) is 10.9 Å². The zero-order chi connectivity index (χ0) is 10.8. The minimum atomic E-state index is -0.861. The second-order valence-corrected chi connectivity index (χ2v) is 3.54. The topological polar surface area (TPSA) is 61.7 Å². The normalized spacial score (nSPS) is 15.9. The van der Waals surface area contributed by atoms with E-state index in [1.165, 1.54) is 0 Å². The van der Waals surface area contributed by atoms with Crippen LogP contribution in [-0.4, -0.2) is 16.9 Å². The molecule has 4 heteroatoms. The van der Waals surface area contributed by atoms with Crippen LogP contribution in [0.1, 0.15) is 12.5 Å². The molecule has 1 aromatic carbocycles. The summed E-state index contributed by atoms with van der Waals surface area (Å²) in [5.41, 5.74) is 2.05. The largest absolute Gasteiger partial charge is 0.481 e. The van der Waals surface area contributed by atoms with E-state index in [0.29, 0.717) is 12.4 Å². The van der Waals surface area contributed by atoms with Crippen LogP contribution in [-0.2, 0) is 11.3 Å². The summed E-state index contributed by atoms with van der Waals surface area (Å²) in [5, 5.41) is 11.9. The van der Waals surface area contributed by atoms with Crippen molar-refractivity contribution < 1.29 is 9.90 Å². The first kappa shape index (κ1) is 9.71. The molecule has 1 atom stereocenters. The van der Waals surface area contributed by atoms with Gasteiger partial charge in [0, 0.05) is 5.69 Å². The molecule has 78 valence electrons. The van der Waals surface area contributed by atoms with E-state index in [2.05, 4.69) is 10.3 Å². The Kier molecular flexibility index (Phi) is 2.41. The highest BCUT2D eigenvalue weighted by molar-refractivity contribution is 6.08. The van der Waals surface area contributed by atoms with E-state index in [9.17, 15) is 4.79 Å². The van der Waals surface area contributed by atoms with Crippen LogP contribution >= 0.6 is 0 Å². The third kappa shape index (κ3) is 1.83. The van der Waals surface area contributed by atoms with Crippen molar-refractivity contribution in [3.63, 3.8) is 0 Å². The van der Waals surface area contributed by atoms with Crippen LogP contribution in [0.3, 0.4) is 0 Å². The molecule has 0 fully saturated rings. The first-order valence-corrected chi connectivity index (χ1v) is 4.80. The van der Waals surface area contributed by atoms with Gasteiger partial charge in [-0.3, -0.25) is 9.79 Å². The zero-order valence-corrected chi connectivity index (χ0v) is 8.40. The fraction of sp³-hybridized carbons (Fsp3) is 0.273. The van der Waals surface area contributed by atoms with Crippen LogP contribution in [0.2, 0.25) is 0 Å². The van der Waals surface area contributed by atoms with Crippen LogP contribution in [0.15, 0.2) is 29.3 Å². The fourth-order valence-corrected chi connectivity index (χ4v) is 1.49. The van der Waals surface area contributed by atoms with Gasteiger partial charge in [0.2, 0.25) is 0 Å². The molecule has 0 spiro atoms. The maximum atomic E-state index is 10.8. The van der Waals surface area contributed by atoms with E-state index >= 15 is 0 Å². The van der Waals surface area contributed by atoms with E-state index in [1.807, 2.05) is 24.3 Å². The van der Waals surface area contributed by atoms with Gasteiger partial charge in [0.05, 0.1) is 6.54 Å². The Morgan fingerprint density at radius 2 is 2.27 bits per heavy atom. The molecule has 0 saturated carbocycles. The van der Waals surface area contributed by atoms with E-state index in [-0.39, 0.29) is 0 Å². The molecule has 0 bridgehead atoms. The quantitative estimate of drug-likeness (QED) is 0.771. The van der Waals surface area contributed by atoms with Gasteiger partial charge >= 0.3 is 5.97 Å². The molecule has 0 aromatic heterocycles. The number of nitrogens with zero attached hydrogens (tertiary/aromatic N) is 1. The summed E-state index contributed by atoms with van der Waals surface area (Å²) in [6.07, 6.45) is 0. The summed E-state index contributed by atoms with van der Waals surface area (Å²) in [6.45, 7) is 2.18. The summed E-state index contributed by atoms with van der Waals surface area (Å²) >= 11 is 0. The molecule has 1 aliphatic rings. The Balaban J connectivity index is 2.23. The third-order valence-electron chi connectivity index (χ3n) is 2.48. The lowest BCUT2D eigenvalue weighted by molar-refractivity contribution is -0.138. The highest BCUT2D eigenvalue weighted by atomic mass is 16.4. The minimum Gasteiger partial charge on any atom is -0.481 e. The van der Waals surface area contributed by atoms with Crippen LogP contribution in [0, 0.1) is 5.92 Å². The number of anilines is 1. The lowest BCUT2D eigenvalue weighted by Crippen LogP contribution is -2.29. The number of nitrogens with one attached hydrogen (secondary N) is 1. The molecule has 2 N–H and O–H groups in total. The Morgan fingerprint density at radius 1 is 1.53 bits per heavy atom. The second-order valence-electron chi connectivity index (χ2n) is 3.54. The number of benzene rings is 1. The first-order valence-electron chi connectivity index (χ1n) is 4.80. The van der Waals surface area contributed by atoms with Gasteiger partial charge in [-0.1, -0.05) is 18.2 Å². The number of carboxylic acids is 1. The monoisotopic (exact) mass is 204 g/mol. The molecule has 1 aromatic rings. The Labute approximate surface area is 87.7 Å². The van der Waals surface area contributed by atoms with Crippen molar-refractivity contribution in [2.45, 2.75) is 13.5 Å². The number of aliphatic carboxylic acids is 1. The molecule has 1 aliphatic heterocycles. The van der Waals surface area contributed by atoms with Crippen LogP contribution < -0.4 is 5.32 Å². The summed E-state index contributed by atoms with van der Waals surface area (Å²) in [4.78, 5) is 15.0. The van der Waals surface area contributed by atoms with E-state index in [1.54, 1.807) is 6.92 Å². The molecule has 4 nitrogen and oxygen atoms in total. The molecule has 15 heavy (non-hydrogen) atoms. The van der Waals surface area contributed by atoms with Crippen LogP contribution in [0.4, 0.5) is 5.69 Å². The molecule has 0 saturated heterocycles. The number of hydrogen-bond acceptors (Lipinski definition) is 3. The molecule has 0 amide bonds. The summed E-state index contributed by atoms with van der Waals surface area (Å²) in [5.74, 6) is -0.916. The maximum Gasteiger partial charge on any atom is 0.313 e. The van der Waals surface area contributed by atoms with Gasteiger partial charge in [-0.2, -0.15) is 0 Å². The predicted octanol–water partition coefficient (Wildman–Crippen LogP) is 1.73. The number of aliphatic imine (C=N–C) groups is 1. The summed E-state index contributed by atoms with van der Waals surface area (Å²) < 4.78 is 0. The molecule has 0 aliphatic carbocycles. The first-order chi connectivity index (χ1) is 7.18. The van der Waals surface area contributed by atoms with E-state index in [4.69, 9.17) is 5.11 Å². The van der Waals surface area contributed by atoms with Crippen molar-refractivity contribution >= 4 is 17.5 Å². The number of para-hydroxylation sites is 1. The number of carboxylic acid groups (broad SMARTS) is 1. The minimum absolute atomic E-state index is 0.529. The Morgan fingerprint density at radius 3 is 3.00 bits per heavy atom. The van der Waals surface area contributed by atoms with Gasteiger partial charge in [-0.15, -0.1) is 0 Å². The number of carbonyl (C=O) groups is 1. The van der Waals surface area contributed by atoms with Gasteiger partial charge < -0.3 is 10.4 Å². The fourth-order valence-electron chi connectivity index (χ4n) is 1.49. The van der Waals surface area contributed by atoms with Gasteiger partial charge in [0.1, 0.15) is 11.8 Å². The third-order valence-corrected chi connectivity index (χ3v) is 2.48. The van der Waals surface area contributed by atoms with E-state index in [0.717, 1.165) is 11.3 Å². The standard InChI is InChI=1S/C11H12N2O2/c1-7(11(14)15)10-12-6-8-4-2-3-5-9(8)13-10/h2-5,7H,6H2,1H3,(H,12,13)(H,14,15). The number of amidine groups is 1. The van der Waals surface area contributed by atoms with E-state index < -0.39 is 11.9 Å². The lowest BCUT2D eigenvalue weighted by atomic mass is 10.1. The van der Waals surface area contributed by atoms with Crippen molar-refractivity contribution in [3.8, 4) is 0 Å². The summed E-state index contributed by atoms with van der Waals surface area (Å²) in [6, 6.07) is 7.77. The Hall–Kier alpha value is -1.84. The number of rotatable bonds is 2. The second kappa shape index (κ2) is 3.73. The van der Waals surface area contributed by atoms with Gasteiger partial charge in [0.25, 0.3) is 0 Å². The Bertz CT molecular complexity index is 426. The molecular formula is C11H12N2O2.